The Morgan fingerprint density at radius 1 is 0.205 bits per heavy atom. The molecule has 3 aromatic heterocycles. The Bertz CT molecular complexity index is 3760. The Morgan fingerprint density at radius 2 is 0.479 bits per heavy atom. The van der Waals surface area contributed by atoms with Crippen molar-refractivity contribution in [1.82, 2.24) is 34.5 Å². The van der Waals surface area contributed by atoms with Crippen molar-refractivity contribution in [2.45, 2.75) is 0 Å². The van der Waals surface area contributed by atoms with Crippen molar-refractivity contribution in [3.63, 3.8) is 0 Å². The Hall–Kier alpha value is -9.98. The van der Waals surface area contributed by atoms with E-state index in [2.05, 4.69) is 144 Å². The van der Waals surface area contributed by atoms with E-state index < -0.39 is 0 Å². The Balaban J connectivity index is 1.00. The molecule has 342 valence electrons. The molecule has 0 bridgehead atoms. The molecule has 13 rings (SSSR count). The highest BCUT2D eigenvalue weighted by Gasteiger charge is 2.22. The number of benzene rings is 10. The van der Waals surface area contributed by atoms with Crippen molar-refractivity contribution in [2.75, 3.05) is 0 Å². The Kier molecular flexibility index (Phi) is 11.1. The van der Waals surface area contributed by atoms with Crippen molar-refractivity contribution >= 4 is 21.8 Å². The van der Waals surface area contributed by atoms with Crippen LogP contribution in [-0.4, -0.2) is 34.5 Å². The average Bonchev–Trinajstić information content (AvgIpc) is 3.83. The van der Waals surface area contributed by atoms with Crippen LogP contribution in [0.1, 0.15) is 0 Å². The third-order valence-electron chi connectivity index (χ3n) is 13.3. The maximum Gasteiger partial charge on any atom is 0.164 e. The molecule has 0 N–H and O–H groups in total. The number of fused-ring (bicyclic) bond motifs is 3. The fourth-order valence-corrected chi connectivity index (χ4v) is 9.80. The molecular weight excluding hydrogens is 891 g/mol. The van der Waals surface area contributed by atoms with Crippen molar-refractivity contribution in [2.24, 2.45) is 0 Å². The van der Waals surface area contributed by atoms with Gasteiger partial charge >= 0.3 is 0 Å². The van der Waals surface area contributed by atoms with Gasteiger partial charge in [0.25, 0.3) is 0 Å². The maximum atomic E-state index is 5.10. The summed E-state index contributed by atoms with van der Waals surface area (Å²) in [5.41, 5.74) is 15.3. The van der Waals surface area contributed by atoms with Gasteiger partial charge in [0.2, 0.25) is 0 Å². The van der Waals surface area contributed by atoms with E-state index >= 15 is 0 Å². The zero-order valence-corrected chi connectivity index (χ0v) is 39.5. The van der Waals surface area contributed by atoms with Gasteiger partial charge in [-0.15, -0.1) is 0 Å². The summed E-state index contributed by atoms with van der Waals surface area (Å²) in [6.45, 7) is 0. The van der Waals surface area contributed by atoms with E-state index in [-0.39, 0.29) is 0 Å². The summed E-state index contributed by atoms with van der Waals surface area (Å²) < 4.78 is 2.44. The lowest BCUT2D eigenvalue weighted by Crippen LogP contribution is -2.00. The van der Waals surface area contributed by atoms with Gasteiger partial charge in [0.05, 0.1) is 11.0 Å². The monoisotopic (exact) mass is 933 g/mol. The first kappa shape index (κ1) is 43.1. The zero-order valence-electron chi connectivity index (χ0n) is 39.5. The topological polar surface area (TPSA) is 82.3 Å². The van der Waals surface area contributed by atoms with E-state index in [0.717, 1.165) is 88.7 Å². The molecule has 0 spiro atoms. The zero-order chi connectivity index (χ0) is 48.5. The van der Waals surface area contributed by atoms with Crippen LogP contribution in [0.25, 0.3) is 129 Å². The molecule has 0 aliphatic heterocycles. The molecule has 0 saturated heterocycles. The van der Waals surface area contributed by atoms with Gasteiger partial charge in [-0.3, -0.25) is 0 Å². The molecule has 73 heavy (non-hydrogen) atoms. The van der Waals surface area contributed by atoms with Crippen LogP contribution in [0, 0.1) is 0 Å². The fourth-order valence-electron chi connectivity index (χ4n) is 9.80. The van der Waals surface area contributed by atoms with E-state index in [1.54, 1.807) is 0 Å². The number of hydrogen-bond donors (Lipinski definition) is 0. The molecule has 0 aliphatic rings. The van der Waals surface area contributed by atoms with Crippen molar-refractivity contribution in [3.05, 3.63) is 261 Å². The highest BCUT2D eigenvalue weighted by Crippen LogP contribution is 2.43. The number of rotatable bonds is 10. The molecule has 7 heteroatoms. The predicted molar refractivity (Wildman–Crippen MR) is 296 cm³/mol. The van der Waals surface area contributed by atoms with E-state index in [1.165, 1.54) is 5.56 Å². The highest BCUT2D eigenvalue weighted by atomic mass is 15.0. The van der Waals surface area contributed by atoms with Crippen LogP contribution in [0.2, 0.25) is 0 Å². The lowest BCUT2D eigenvalue weighted by Gasteiger charge is -2.15. The Labute approximate surface area is 422 Å². The van der Waals surface area contributed by atoms with Crippen molar-refractivity contribution in [1.29, 1.82) is 0 Å². The second kappa shape index (κ2) is 18.7. The second-order valence-corrected chi connectivity index (χ2v) is 17.9. The molecule has 0 amide bonds. The van der Waals surface area contributed by atoms with Crippen molar-refractivity contribution < 1.29 is 0 Å². The number of nitrogens with zero attached hydrogens (tertiary/aromatic N) is 7. The summed E-state index contributed by atoms with van der Waals surface area (Å²) in [4.78, 5) is 30.4. The first-order chi connectivity index (χ1) is 36.2. The minimum atomic E-state index is 0.603. The largest absolute Gasteiger partial charge is 0.308 e. The standard InChI is InChI=1S/C66H43N7/c1-6-20-44(21-7-1)45-38-40-54(41-39-45)73-59-55(50-30-16-32-52(42-50)65-69-61(46-22-8-2-9-23-46)67-62(70-65)47-24-10-3-11-25-47)34-18-36-57(59)58-37-19-35-56(60(58)73)51-31-17-33-53(43-51)66-71-63(48-26-12-4-13-27-48)68-64(72-66)49-28-14-5-15-29-49/h1-43H. The van der Waals surface area contributed by atoms with E-state index in [1.807, 2.05) is 121 Å². The molecule has 7 nitrogen and oxygen atoms in total. The third-order valence-corrected chi connectivity index (χ3v) is 13.3. The van der Waals surface area contributed by atoms with Gasteiger partial charge in [0.15, 0.2) is 34.9 Å². The van der Waals surface area contributed by atoms with Crippen molar-refractivity contribution in [3.8, 4) is 107 Å². The lowest BCUT2D eigenvalue weighted by molar-refractivity contribution is 1.07. The number of para-hydroxylation sites is 2. The minimum Gasteiger partial charge on any atom is -0.308 e. The molecule has 0 fully saturated rings. The average molecular weight is 934 g/mol. The van der Waals surface area contributed by atoms with Gasteiger partial charge in [-0.2, -0.15) is 0 Å². The second-order valence-electron chi connectivity index (χ2n) is 17.9. The van der Waals surface area contributed by atoms with E-state index in [9.17, 15) is 0 Å². The van der Waals surface area contributed by atoms with Gasteiger partial charge in [0.1, 0.15) is 0 Å². The van der Waals surface area contributed by atoms with Crippen LogP contribution < -0.4 is 0 Å². The summed E-state index contributed by atoms with van der Waals surface area (Å²) in [5, 5.41) is 2.27. The van der Waals surface area contributed by atoms with Gasteiger partial charge < -0.3 is 4.57 Å². The Morgan fingerprint density at radius 3 is 0.836 bits per heavy atom. The van der Waals surface area contributed by atoms with Crippen LogP contribution in [0.3, 0.4) is 0 Å². The van der Waals surface area contributed by atoms with Crippen LogP contribution in [0.5, 0.6) is 0 Å². The molecule has 3 heterocycles. The number of hydrogen-bond acceptors (Lipinski definition) is 6. The van der Waals surface area contributed by atoms with E-state index in [0.29, 0.717) is 34.9 Å². The van der Waals surface area contributed by atoms with Crippen LogP contribution in [-0.2, 0) is 0 Å². The molecular formula is C66H43N7. The summed E-state index contributed by atoms with van der Waals surface area (Å²) in [5.74, 6) is 3.69. The van der Waals surface area contributed by atoms with Crippen LogP contribution >= 0.6 is 0 Å². The maximum absolute atomic E-state index is 5.10. The highest BCUT2D eigenvalue weighted by molar-refractivity contribution is 6.17. The van der Waals surface area contributed by atoms with Gasteiger partial charge in [-0.05, 0) is 46.5 Å². The first-order valence-corrected chi connectivity index (χ1v) is 24.4. The SMILES string of the molecule is c1ccc(-c2ccc(-n3c4c(-c5cccc(-c6nc(-c7ccccc7)nc(-c7ccccc7)n6)c5)cccc4c4cccc(-c5cccc(-c6nc(-c7ccccc7)nc(-c7ccccc7)n6)c5)c43)cc2)cc1. The molecule has 0 atom stereocenters. The fraction of sp³-hybridized carbons (Fsp3) is 0. The van der Waals surface area contributed by atoms with Gasteiger partial charge in [-0.25, -0.2) is 29.9 Å². The first-order valence-electron chi connectivity index (χ1n) is 24.4. The van der Waals surface area contributed by atoms with Crippen LogP contribution in [0.15, 0.2) is 261 Å². The predicted octanol–water partition coefficient (Wildman–Crippen LogP) is 16.2. The summed E-state index contributed by atoms with van der Waals surface area (Å²) in [7, 11) is 0. The molecule has 0 radical (unpaired) electrons. The van der Waals surface area contributed by atoms with E-state index in [4.69, 9.17) is 29.9 Å². The third kappa shape index (κ3) is 8.30. The smallest absolute Gasteiger partial charge is 0.164 e. The molecule has 10 aromatic carbocycles. The summed E-state index contributed by atoms with van der Waals surface area (Å²) in [6.07, 6.45) is 0. The quantitative estimate of drug-likeness (QED) is 0.136. The molecule has 0 aliphatic carbocycles. The molecule has 0 unspecified atom stereocenters. The van der Waals surface area contributed by atoms with Crippen LogP contribution in [0.4, 0.5) is 0 Å². The lowest BCUT2D eigenvalue weighted by atomic mass is 9.98. The minimum absolute atomic E-state index is 0.603. The number of aromatic nitrogens is 7. The summed E-state index contributed by atoms with van der Waals surface area (Å²) >= 11 is 0. The van der Waals surface area contributed by atoms with Gasteiger partial charge in [0, 0.05) is 61.0 Å². The normalized spacial score (nSPS) is 11.3. The van der Waals surface area contributed by atoms with Gasteiger partial charge in [-0.1, -0.05) is 237 Å². The summed E-state index contributed by atoms with van der Waals surface area (Å²) in [6, 6.07) is 90.3. The molecule has 13 aromatic rings. The molecule has 0 saturated carbocycles.